The van der Waals surface area contributed by atoms with Crippen molar-refractivity contribution in [2.24, 2.45) is 5.41 Å². The van der Waals surface area contributed by atoms with E-state index in [-0.39, 0.29) is 12.8 Å². The summed E-state index contributed by atoms with van der Waals surface area (Å²) >= 11 is 0. The van der Waals surface area contributed by atoms with Crippen molar-refractivity contribution in [3.63, 3.8) is 0 Å². The predicted octanol–water partition coefficient (Wildman–Crippen LogP) is 3.27. The van der Waals surface area contributed by atoms with Gasteiger partial charge in [0.1, 0.15) is 0 Å². The van der Waals surface area contributed by atoms with Crippen molar-refractivity contribution in [3.05, 3.63) is 0 Å². The summed E-state index contributed by atoms with van der Waals surface area (Å²) in [5, 5.41) is 8.51. The molecule has 1 fully saturated rings. The fourth-order valence-electron chi connectivity index (χ4n) is 1.46. The van der Waals surface area contributed by atoms with Crippen LogP contribution in [0.3, 0.4) is 0 Å². The van der Waals surface area contributed by atoms with Gasteiger partial charge in [-0.05, 0) is 12.8 Å². The molecule has 1 aliphatic rings. The Kier molecular flexibility index (Phi) is 2.46. The van der Waals surface area contributed by atoms with Gasteiger partial charge >= 0.3 is 12.1 Å². The van der Waals surface area contributed by atoms with Crippen LogP contribution in [-0.2, 0) is 0 Å². The second-order valence-electron chi connectivity index (χ2n) is 3.62. The van der Waals surface area contributed by atoms with E-state index >= 15 is 0 Å². The van der Waals surface area contributed by atoms with Crippen molar-refractivity contribution >= 4 is 0 Å². The van der Waals surface area contributed by atoms with E-state index in [1.165, 1.54) is 0 Å². The molecule has 1 nitrogen and oxygen atoms in total. The van der Waals surface area contributed by atoms with Gasteiger partial charge in [-0.1, -0.05) is 6.42 Å². The van der Waals surface area contributed by atoms with Crippen LogP contribution in [0.15, 0.2) is 0 Å². The Hall–Kier alpha value is -0.860. The molecular formula is C8H8F5N. The molecule has 1 saturated carbocycles. The van der Waals surface area contributed by atoms with Gasteiger partial charge in [0, 0.05) is 6.42 Å². The third-order valence-corrected chi connectivity index (χ3v) is 2.52. The topological polar surface area (TPSA) is 23.8 Å². The Balaban J connectivity index is 2.73. The first-order valence-electron chi connectivity index (χ1n) is 4.08. The van der Waals surface area contributed by atoms with E-state index in [1.54, 1.807) is 6.07 Å². The number of hydrogen-bond donors (Lipinski definition) is 0. The van der Waals surface area contributed by atoms with Crippen molar-refractivity contribution in [1.29, 1.82) is 5.26 Å². The molecule has 0 aromatic carbocycles. The molecule has 0 amide bonds. The lowest BCUT2D eigenvalue weighted by molar-refractivity contribution is -0.293. The summed E-state index contributed by atoms with van der Waals surface area (Å²) < 4.78 is 60.5. The zero-order valence-electron chi connectivity index (χ0n) is 7.17. The zero-order valence-corrected chi connectivity index (χ0v) is 7.17. The maximum atomic E-state index is 12.6. The zero-order chi connectivity index (χ0) is 11.0. The van der Waals surface area contributed by atoms with E-state index < -0.39 is 23.9 Å². The highest BCUT2D eigenvalue weighted by Crippen LogP contribution is 2.51. The van der Waals surface area contributed by atoms with Gasteiger partial charge in [0.2, 0.25) is 0 Å². The van der Waals surface area contributed by atoms with E-state index in [0.717, 1.165) is 0 Å². The smallest absolute Gasteiger partial charge is 0.198 e. The van der Waals surface area contributed by atoms with Gasteiger partial charge in [-0.25, -0.2) is 0 Å². The van der Waals surface area contributed by atoms with Crippen LogP contribution in [0.25, 0.3) is 0 Å². The van der Waals surface area contributed by atoms with E-state index in [9.17, 15) is 22.0 Å². The van der Waals surface area contributed by atoms with Crippen LogP contribution < -0.4 is 0 Å². The number of rotatable bonds is 2. The number of alkyl halides is 5. The summed E-state index contributed by atoms with van der Waals surface area (Å²) in [7, 11) is 0. The first kappa shape index (κ1) is 11.2. The molecule has 0 radical (unpaired) electrons. The SMILES string of the molecule is N#CC1(CC(F)(F)C(F)(F)F)CCC1. The minimum Gasteiger partial charge on any atom is -0.198 e. The first-order chi connectivity index (χ1) is 6.22. The van der Waals surface area contributed by atoms with Crippen LogP contribution in [0.2, 0.25) is 0 Å². The van der Waals surface area contributed by atoms with Crippen LogP contribution in [0.1, 0.15) is 25.7 Å². The lowest BCUT2D eigenvalue weighted by Gasteiger charge is -2.38. The van der Waals surface area contributed by atoms with Crippen molar-refractivity contribution in [3.8, 4) is 6.07 Å². The van der Waals surface area contributed by atoms with Gasteiger partial charge < -0.3 is 0 Å². The molecule has 1 rings (SSSR count). The molecular weight excluding hydrogens is 205 g/mol. The van der Waals surface area contributed by atoms with Crippen LogP contribution in [0, 0.1) is 16.7 Å². The molecule has 0 unspecified atom stereocenters. The molecule has 0 saturated heterocycles. The van der Waals surface area contributed by atoms with Crippen molar-refractivity contribution in [1.82, 2.24) is 0 Å². The highest BCUT2D eigenvalue weighted by Gasteiger charge is 2.61. The summed E-state index contributed by atoms with van der Waals surface area (Å²) in [4.78, 5) is 0. The highest BCUT2D eigenvalue weighted by molar-refractivity contribution is 5.07. The minimum atomic E-state index is -5.55. The summed E-state index contributed by atoms with van der Waals surface area (Å²) in [6, 6.07) is 1.56. The second kappa shape index (κ2) is 3.07. The summed E-state index contributed by atoms with van der Waals surface area (Å²) in [5.41, 5.74) is -1.46. The maximum absolute atomic E-state index is 12.6. The van der Waals surface area contributed by atoms with E-state index in [4.69, 9.17) is 5.26 Å². The average molecular weight is 213 g/mol. The quantitative estimate of drug-likeness (QED) is 0.646. The van der Waals surface area contributed by atoms with Gasteiger partial charge in [-0.3, -0.25) is 0 Å². The van der Waals surface area contributed by atoms with Gasteiger partial charge in [0.15, 0.2) is 0 Å². The van der Waals surface area contributed by atoms with Gasteiger partial charge in [0.05, 0.1) is 11.5 Å². The predicted molar refractivity (Wildman–Crippen MR) is 37.5 cm³/mol. The Bertz CT molecular complexity index is 258. The molecule has 80 valence electrons. The number of nitrogens with zero attached hydrogens (tertiary/aromatic N) is 1. The molecule has 0 heterocycles. The fourth-order valence-corrected chi connectivity index (χ4v) is 1.46. The summed E-state index contributed by atoms with van der Waals surface area (Å²) in [5.74, 6) is -4.75. The lowest BCUT2D eigenvalue weighted by Crippen LogP contribution is -2.43. The minimum absolute atomic E-state index is 0.134. The second-order valence-corrected chi connectivity index (χ2v) is 3.62. The Labute approximate surface area is 77.5 Å². The molecule has 0 spiro atoms. The average Bonchev–Trinajstić information content (AvgIpc) is 1.94. The highest BCUT2D eigenvalue weighted by atomic mass is 19.4. The first-order valence-corrected chi connectivity index (χ1v) is 4.08. The van der Waals surface area contributed by atoms with E-state index in [2.05, 4.69) is 0 Å². The molecule has 0 bridgehead atoms. The van der Waals surface area contributed by atoms with Crippen LogP contribution in [0.5, 0.6) is 0 Å². The Morgan fingerprint density at radius 2 is 1.64 bits per heavy atom. The molecule has 0 atom stereocenters. The Morgan fingerprint density at radius 3 is 1.86 bits per heavy atom. The van der Waals surface area contributed by atoms with Crippen LogP contribution in [-0.4, -0.2) is 12.1 Å². The fraction of sp³-hybridized carbons (Fsp3) is 0.875. The molecule has 0 aliphatic heterocycles. The summed E-state index contributed by atoms with van der Waals surface area (Å²) in [6.45, 7) is 0. The van der Waals surface area contributed by atoms with Gasteiger partial charge in [-0.2, -0.15) is 27.2 Å². The number of halogens is 5. The standard InChI is InChI=1S/C8H8F5N/c9-7(10,8(11,12)13)4-6(5-14)2-1-3-6/h1-4H2. The molecule has 0 N–H and O–H groups in total. The van der Waals surface area contributed by atoms with Gasteiger partial charge in [-0.15, -0.1) is 0 Å². The summed E-state index contributed by atoms with van der Waals surface area (Å²) in [6.07, 6.45) is -6.14. The third-order valence-electron chi connectivity index (χ3n) is 2.52. The number of nitriles is 1. The number of hydrogen-bond acceptors (Lipinski definition) is 1. The lowest BCUT2D eigenvalue weighted by atomic mass is 9.66. The maximum Gasteiger partial charge on any atom is 0.453 e. The largest absolute Gasteiger partial charge is 0.453 e. The van der Waals surface area contributed by atoms with Crippen molar-refractivity contribution in [2.75, 3.05) is 0 Å². The van der Waals surface area contributed by atoms with Crippen molar-refractivity contribution in [2.45, 2.75) is 37.8 Å². The monoisotopic (exact) mass is 213 g/mol. The van der Waals surface area contributed by atoms with Crippen molar-refractivity contribution < 1.29 is 22.0 Å². The van der Waals surface area contributed by atoms with Gasteiger partial charge in [0.25, 0.3) is 0 Å². The third kappa shape index (κ3) is 1.81. The van der Waals surface area contributed by atoms with Crippen LogP contribution in [0.4, 0.5) is 22.0 Å². The van der Waals surface area contributed by atoms with Crippen LogP contribution >= 0.6 is 0 Å². The molecule has 6 heteroatoms. The normalized spacial score (nSPS) is 21.1. The Morgan fingerprint density at radius 1 is 1.14 bits per heavy atom. The molecule has 1 aliphatic carbocycles. The molecule has 0 aromatic heterocycles. The van der Waals surface area contributed by atoms with E-state index in [0.29, 0.717) is 6.42 Å². The van der Waals surface area contributed by atoms with E-state index in [1.807, 2.05) is 0 Å². The molecule has 0 aromatic rings. The molecule has 14 heavy (non-hydrogen) atoms.